The van der Waals surface area contributed by atoms with Gasteiger partial charge >= 0.3 is 0 Å². The third-order valence-electron chi connectivity index (χ3n) is 4.96. The van der Waals surface area contributed by atoms with Crippen LogP contribution in [0.3, 0.4) is 0 Å². The Bertz CT molecular complexity index is 804. The SMILES string of the molecule is CC(=O)N[C@@H]1CN(C(=O)c2cccc(Oc3ccccc3)c2)C[C@H]1C(C)C. The Labute approximate surface area is 160 Å². The fourth-order valence-corrected chi connectivity index (χ4v) is 3.58. The number of ether oxygens (including phenoxy) is 1. The Morgan fingerprint density at radius 1 is 1.04 bits per heavy atom. The summed E-state index contributed by atoms with van der Waals surface area (Å²) in [6.45, 7) is 6.95. The van der Waals surface area contributed by atoms with Crippen LogP contribution in [0.25, 0.3) is 0 Å². The second-order valence-electron chi connectivity index (χ2n) is 7.37. The summed E-state index contributed by atoms with van der Waals surface area (Å²) >= 11 is 0. The largest absolute Gasteiger partial charge is 0.457 e. The zero-order chi connectivity index (χ0) is 19.4. The molecule has 1 N–H and O–H groups in total. The predicted molar refractivity (Wildman–Crippen MR) is 105 cm³/mol. The van der Waals surface area contributed by atoms with E-state index in [1.54, 1.807) is 12.1 Å². The highest BCUT2D eigenvalue weighted by Crippen LogP contribution is 2.27. The Morgan fingerprint density at radius 3 is 2.41 bits per heavy atom. The summed E-state index contributed by atoms with van der Waals surface area (Å²) in [7, 11) is 0. The van der Waals surface area contributed by atoms with Gasteiger partial charge in [-0.05, 0) is 36.2 Å². The smallest absolute Gasteiger partial charge is 0.254 e. The van der Waals surface area contributed by atoms with E-state index in [1.807, 2.05) is 47.4 Å². The first-order valence-corrected chi connectivity index (χ1v) is 9.33. The van der Waals surface area contributed by atoms with Crippen LogP contribution in [0.1, 0.15) is 31.1 Å². The van der Waals surface area contributed by atoms with Crippen molar-refractivity contribution in [2.45, 2.75) is 26.8 Å². The number of nitrogens with zero attached hydrogens (tertiary/aromatic N) is 1. The minimum absolute atomic E-state index is 0.00444. The van der Waals surface area contributed by atoms with E-state index in [2.05, 4.69) is 19.2 Å². The first kappa shape index (κ1) is 19.0. The molecule has 1 fully saturated rings. The van der Waals surface area contributed by atoms with E-state index in [9.17, 15) is 9.59 Å². The lowest BCUT2D eigenvalue weighted by Crippen LogP contribution is -2.41. The molecule has 3 rings (SSSR count). The van der Waals surface area contributed by atoms with Crippen molar-refractivity contribution in [2.75, 3.05) is 13.1 Å². The van der Waals surface area contributed by atoms with Crippen LogP contribution in [-0.2, 0) is 4.79 Å². The first-order valence-electron chi connectivity index (χ1n) is 9.33. The molecule has 0 unspecified atom stereocenters. The molecule has 0 spiro atoms. The monoisotopic (exact) mass is 366 g/mol. The van der Waals surface area contributed by atoms with Gasteiger partial charge in [0.25, 0.3) is 5.91 Å². The van der Waals surface area contributed by atoms with Crippen molar-refractivity contribution in [3.05, 3.63) is 60.2 Å². The zero-order valence-corrected chi connectivity index (χ0v) is 16.0. The summed E-state index contributed by atoms with van der Waals surface area (Å²) in [6, 6.07) is 16.7. The van der Waals surface area contributed by atoms with Crippen LogP contribution < -0.4 is 10.1 Å². The van der Waals surface area contributed by atoms with Crippen LogP contribution >= 0.6 is 0 Å². The van der Waals surface area contributed by atoms with E-state index < -0.39 is 0 Å². The topological polar surface area (TPSA) is 58.6 Å². The maximum absolute atomic E-state index is 13.0. The minimum atomic E-state index is -0.0572. The summed E-state index contributed by atoms with van der Waals surface area (Å²) < 4.78 is 5.84. The van der Waals surface area contributed by atoms with Crippen LogP contribution in [0.15, 0.2) is 54.6 Å². The molecule has 27 heavy (non-hydrogen) atoms. The normalized spacial score (nSPS) is 19.2. The van der Waals surface area contributed by atoms with E-state index in [0.717, 1.165) is 5.75 Å². The molecule has 1 heterocycles. The number of hydrogen-bond donors (Lipinski definition) is 1. The van der Waals surface area contributed by atoms with Gasteiger partial charge in [0.2, 0.25) is 5.91 Å². The molecule has 142 valence electrons. The lowest BCUT2D eigenvalue weighted by molar-refractivity contribution is -0.119. The molecule has 0 saturated carbocycles. The van der Waals surface area contributed by atoms with E-state index in [-0.39, 0.29) is 23.8 Å². The predicted octanol–water partition coefficient (Wildman–Crippen LogP) is 3.71. The molecule has 2 amide bonds. The Balaban J connectivity index is 1.74. The first-order chi connectivity index (χ1) is 12.9. The van der Waals surface area contributed by atoms with Gasteiger partial charge in [-0.3, -0.25) is 9.59 Å². The zero-order valence-electron chi connectivity index (χ0n) is 16.0. The Kier molecular flexibility index (Phi) is 5.79. The average Bonchev–Trinajstić information content (AvgIpc) is 3.05. The summed E-state index contributed by atoms with van der Waals surface area (Å²) in [6.07, 6.45) is 0. The molecule has 2 aromatic carbocycles. The maximum atomic E-state index is 13.0. The van der Waals surface area contributed by atoms with E-state index in [0.29, 0.717) is 30.3 Å². The Hall–Kier alpha value is -2.82. The molecule has 1 saturated heterocycles. The van der Waals surface area contributed by atoms with Crippen LogP contribution in [0.2, 0.25) is 0 Å². The highest BCUT2D eigenvalue weighted by molar-refractivity contribution is 5.95. The summed E-state index contributed by atoms with van der Waals surface area (Å²) in [4.78, 5) is 26.3. The van der Waals surface area contributed by atoms with Crippen LogP contribution in [0.4, 0.5) is 0 Å². The molecule has 2 aromatic rings. The van der Waals surface area contributed by atoms with E-state index >= 15 is 0 Å². The van der Waals surface area contributed by atoms with Gasteiger partial charge in [0.05, 0.1) is 6.04 Å². The molecule has 5 nitrogen and oxygen atoms in total. The van der Waals surface area contributed by atoms with E-state index in [1.165, 1.54) is 6.92 Å². The second kappa shape index (κ2) is 8.25. The van der Waals surface area contributed by atoms with Crippen LogP contribution in [0.5, 0.6) is 11.5 Å². The van der Waals surface area contributed by atoms with Crippen molar-refractivity contribution in [2.24, 2.45) is 11.8 Å². The average molecular weight is 366 g/mol. The highest BCUT2D eigenvalue weighted by Gasteiger charge is 2.37. The molecule has 1 aliphatic rings. The number of para-hydroxylation sites is 1. The number of hydrogen-bond acceptors (Lipinski definition) is 3. The molecular formula is C22H26N2O3. The number of likely N-dealkylation sites (tertiary alicyclic amines) is 1. The second-order valence-corrected chi connectivity index (χ2v) is 7.37. The fraction of sp³-hybridized carbons (Fsp3) is 0.364. The number of carbonyl (C=O) groups is 2. The third-order valence-corrected chi connectivity index (χ3v) is 4.96. The number of carbonyl (C=O) groups excluding carboxylic acids is 2. The van der Waals surface area contributed by atoms with Gasteiger partial charge in [-0.25, -0.2) is 0 Å². The Morgan fingerprint density at radius 2 is 1.74 bits per heavy atom. The quantitative estimate of drug-likeness (QED) is 0.877. The van der Waals surface area contributed by atoms with Gasteiger partial charge in [-0.2, -0.15) is 0 Å². The van der Waals surface area contributed by atoms with Crippen molar-refractivity contribution in [3.63, 3.8) is 0 Å². The van der Waals surface area contributed by atoms with Crippen LogP contribution in [0, 0.1) is 11.8 Å². The molecule has 0 radical (unpaired) electrons. The summed E-state index contributed by atoms with van der Waals surface area (Å²) in [5, 5.41) is 3.00. The van der Waals surface area contributed by atoms with E-state index in [4.69, 9.17) is 4.74 Å². The van der Waals surface area contributed by atoms with Gasteiger partial charge in [0.15, 0.2) is 0 Å². The third kappa shape index (κ3) is 4.67. The van der Waals surface area contributed by atoms with Crippen molar-refractivity contribution in [1.29, 1.82) is 0 Å². The summed E-state index contributed by atoms with van der Waals surface area (Å²) in [5.74, 6) is 1.90. The van der Waals surface area contributed by atoms with Crippen molar-refractivity contribution in [3.8, 4) is 11.5 Å². The number of amides is 2. The molecular weight excluding hydrogens is 340 g/mol. The van der Waals surface area contributed by atoms with Gasteiger partial charge in [0.1, 0.15) is 11.5 Å². The molecule has 0 bridgehead atoms. The molecule has 1 aliphatic heterocycles. The molecule has 0 aliphatic carbocycles. The van der Waals surface area contributed by atoms with Gasteiger partial charge < -0.3 is 15.0 Å². The highest BCUT2D eigenvalue weighted by atomic mass is 16.5. The van der Waals surface area contributed by atoms with Gasteiger partial charge in [-0.1, -0.05) is 38.1 Å². The maximum Gasteiger partial charge on any atom is 0.254 e. The number of rotatable bonds is 5. The van der Waals surface area contributed by atoms with Gasteiger partial charge in [-0.15, -0.1) is 0 Å². The van der Waals surface area contributed by atoms with Crippen molar-refractivity contribution < 1.29 is 14.3 Å². The van der Waals surface area contributed by atoms with Crippen molar-refractivity contribution in [1.82, 2.24) is 10.2 Å². The molecule has 0 aromatic heterocycles. The standard InChI is InChI=1S/C22H26N2O3/c1-15(2)20-13-24(14-21(20)23-16(3)25)22(26)17-8-7-11-19(12-17)27-18-9-5-4-6-10-18/h4-12,15,20-21H,13-14H2,1-3H3,(H,23,25)/t20-,21+/m0/s1. The number of benzene rings is 2. The van der Waals surface area contributed by atoms with Crippen molar-refractivity contribution >= 4 is 11.8 Å². The molecule has 2 atom stereocenters. The minimum Gasteiger partial charge on any atom is -0.457 e. The summed E-state index contributed by atoms with van der Waals surface area (Å²) in [5.41, 5.74) is 0.592. The van der Waals surface area contributed by atoms with Gasteiger partial charge in [0, 0.05) is 31.5 Å². The molecule has 5 heteroatoms. The fourth-order valence-electron chi connectivity index (χ4n) is 3.58. The lowest BCUT2D eigenvalue weighted by Gasteiger charge is -2.21. The lowest BCUT2D eigenvalue weighted by atomic mass is 9.91. The number of nitrogens with one attached hydrogen (secondary N) is 1. The van der Waals surface area contributed by atoms with Crippen LogP contribution in [-0.4, -0.2) is 35.8 Å².